The number of aromatic amines is 1. The standard InChI is InChI=1S/C10H18N4O3S/c1-10(11,7(15)16)5-3-4-6-18-9-13-12-8(17)14(9)2/h3-6,11H2,1-2H3,(H,12,17)(H,15,16). The van der Waals surface area contributed by atoms with E-state index >= 15 is 0 Å². The average Bonchev–Trinajstić information content (AvgIpc) is 2.60. The normalized spacial score (nSPS) is 14.4. The SMILES string of the molecule is Cn1c(SCCCCC(C)(N)C(=O)O)n[nH]c1=O. The smallest absolute Gasteiger partial charge is 0.343 e. The summed E-state index contributed by atoms with van der Waals surface area (Å²) in [5, 5.41) is 15.7. The molecule has 0 aliphatic carbocycles. The van der Waals surface area contributed by atoms with Crippen LogP contribution in [0.3, 0.4) is 0 Å². The van der Waals surface area contributed by atoms with Crippen molar-refractivity contribution in [1.82, 2.24) is 14.8 Å². The van der Waals surface area contributed by atoms with E-state index in [1.54, 1.807) is 7.05 Å². The molecule has 1 heterocycles. The fourth-order valence-electron chi connectivity index (χ4n) is 1.33. The lowest BCUT2D eigenvalue weighted by Gasteiger charge is -2.18. The molecule has 8 heteroatoms. The number of unbranched alkanes of at least 4 members (excludes halogenated alkanes) is 1. The highest BCUT2D eigenvalue weighted by Crippen LogP contribution is 2.17. The fourth-order valence-corrected chi connectivity index (χ4v) is 2.24. The number of nitrogens with zero attached hydrogens (tertiary/aromatic N) is 2. The van der Waals surface area contributed by atoms with Gasteiger partial charge in [0.2, 0.25) is 0 Å². The van der Waals surface area contributed by atoms with Crippen molar-refractivity contribution in [3.63, 3.8) is 0 Å². The van der Waals surface area contributed by atoms with E-state index in [0.29, 0.717) is 11.6 Å². The summed E-state index contributed by atoms with van der Waals surface area (Å²) in [5.74, 6) is -0.210. The van der Waals surface area contributed by atoms with Crippen LogP contribution in [0, 0.1) is 0 Å². The minimum atomic E-state index is -1.16. The van der Waals surface area contributed by atoms with E-state index in [0.717, 1.165) is 18.6 Å². The second kappa shape index (κ2) is 6.05. The van der Waals surface area contributed by atoms with Crippen LogP contribution in [-0.2, 0) is 11.8 Å². The second-order valence-corrected chi connectivity index (χ2v) is 5.46. The molecule has 0 radical (unpaired) electrons. The lowest BCUT2D eigenvalue weighted by atomic mass is 9.97. The summed E-state index contributed by atoms with van der Waals surface area (Å²) in [6, 6.07) is 0. The zero-order chi connectivity index (χ0) is 13.8. The summed E-state index contributed by atoms with van der Waals surface area (Å²) in [6.45, 7) is 1.51. The summed E-state index contributed by atoms with van der Waals surface area (Å²) in [6.07, 6.45) is 1.98. The molecule has 1 aromatic rings. The summed E-state index contributed by atoms with van der Waals surface area (Å²) in [5.41, 5.74) is 4.21. The molecule has 0 amide bonds. The van der Waals surface area contributed by atoms with Crippen molar-refractivity contribution in [3.05, 3.63) is 10.5 Å². The van der Waals surface area contributed by atoms with E-state index in [2.05, 4.69) is 10.2 Å². The largest absolute Gasteiger partial charge is 0.480 e. The molecule has 4 N–H and O–H groups in total. The first kappa shape index (κ1) is 14.8. The van der Waals surface area contributed by atoms with Crippen molar-refractivity contribution < 1.29 is 9.90 Å². The van der Waals surface area contributed by atoms with Crippen molar-refractivity contribution in [2.45, 2.75) is 36.9 Å². The van der Waals surface area contributed by atoms with Crippen LogP contribution in [0.4, 0.5) is 0 Å². The minimum absolute atomic E-state index is 0.238. The van der Waals surface area contributed by atoms with Gasteiger partial charge in [-0.3, -0.25) is 9.36 Å². The molecule has 0 fully saturated rings. The van der Waals surface area contributed by atoms with Gasteiger partial charge in [-0.05, 0) is 19.8 Å². The fraction of sp³-hybridized carbons (Fsp3) is 0.700. The van der Waals surface area contributed by atoms with Gasteiger partial charge in [-0.1, -0.05) is 18.2 Å². The highest BCUT2D eigenvalue weighted by Gasteiger charge is 2.26. The predicted molar refractivity (Wildman–Crippen MR) is 68.6 cm³/mol. The summed E-state index contributed by atoms with van der Waals surface area (Å²) < 4.78 is 1.44. The van der Waals surface area contributed by atoms with Gasteiger partial charge >= 0.3 is 11.7 Å². The molecule has 102 valence electrons. The number of carboxylic acids is 1. The van der Waals surface area contributed by atoms with Gasteiger partial charge in [0.1, 0.15) is 5.54 Å². The molecule has 0 aromatic carbocycles. The molecule has 0 spiro atoms. The van der Waals surface area contributed by atoms with Gasteiger partial charge in [0, 0.05) is 12.8 Å². The number of thioether (sulfide) groups is 1. The zero-order valence-electron chi connectivity index (χ0n) is 10.5. The van der Waals surface area contributed by atoms with Gasteiger partial charge in [0.25, 0.3) is 0 Å². The Balaban J connectivity index is 2.26. The summed E-state index contributed by atoms with van der Waals surface area (Å²) >= 11 is 1.46. The lowest BCUT2D eigenvalue weighted by molar-refractivity contribution is -0.142. The molecule has 1 atom stereocenters. The Kier molecular flexibility index (Phi) is 4.97. The lowest BCUT2D eigenvalue weighted by Crippen LogP contribution is -2.44. The minimum Gasteiger partial charge on any atom is -0.480 e. The van der Waals surface area contributed by atoms with Crippen molar-refractivity contribution in [1.29, 1.82) is 0 Å². The number of hydrogen-bond acceptors (Lipinski definition) is 5. The molecule has 0 saturated heterocycles. The first-order chi connectivity index (χ1) is 8.34. The number of carbonyl (C=O) groups is 1. The topological polar surface area (TPSA) is 114 Å². The maximum Gasteiger partial charge on any atom is 0.343 e. The summed E-state index contributed by atoms with van der Waals surface area (Å²) in [4.78, 5) is 21.9. The van der Waals surface area contributed by atoms with E-state index in [-0.39, 0.29) is 5.69 Å². The van der Waals surface area contributed by atoms with E-state index in [1.807, 2.05) is 0 Å². The third-order valence-corrected chi connectivity index (χ3v) is 3.77. The van der Waals surface area contributed by atoms with Crippen LogP contribution >= 0.6 is 11.8 Å². The number of hydrogen-bond donors (Lipinski definition) is 3. The van der Waals surface area contributed by atoms with Crippen molar-refractivity contribution in [3.8, 4) is 0 Å². The number of carboxylic acid groups (broad SMARTS) is 1. The quantitative estimate of drug-likeness (QED) is 0.482. The Morgan fingerprint density at radius 1 is 1.61 bits per heavy atom. The molecule has 0 bridgehead atoms. The van der Waals surface area contributed by atoms with Crippen molar-refractivity contribution >= 4 is 17.7 Å². The zero-order valence-corrected chi connectivity index (χ0v) is 11.3. The van der Waals surface area contributed by atoms with Crippen LogP contribution in [0.1, 0.15) is 26.2 Å². The van der Waals surface area contributed by atoms with E-state index < -0.39 is 11.5 Å². The van der Waals surface area contributed by atoms with Gasteiger partial charge in [-0.15, -0.1) is 5.10 Å². The molecule has 1 unspecified atom stereocenters. The number of nitrogens with two attached hydrogens (primary N) is 1. The third-order valence-electron chi connectivity index (χ3n) is 2.65. The first-order valence-corrected chi connectivity index (χ1v) is 6.59. The highest BCUT2D eigenvalue weighted by molar-refractivity contribution is 7.99. The molecule has 18 heavy (non-hydrogen) atoms. The number of rotatable bonds is 7. The van der Waals surface area contributed by atoms with Crippen molar-refractivity contribution in [2.24, 2.45) is 12.8 Å². The van der Waals surface area contributed by atoms with Gasteiger partial charge in [0.15, 0.2) is 5.16 Å². The third kappa shape index (κ3) is 3.88. The molecular weight excluding hydrogens is 256 g/mol. The van der Waals surface area contributed by atoms with Crippen LogP contribution in [0.15, 0.2) is 9.95 Å². The molecule has 1 rings (SSSR count). The molecular formula is C10H18N4O3S. The van der Waals surface area contributed by atoms with Gasteiger partial charge in [0.05, 0.1) is 0 Å². The van der Waals surface area contributed by atoms with Crippen LogP contribution in [-0.4, -0.2) is 37.1 Å². The molecule has 7 nitrogen and oxygen atoms in total. The van der Waals surface area contributed by atoms with Crippen LogP contribution in [0.5, 0.6) is 0 Å². The highest BCUT2D eigenvalue weighted by atomic mass is 32.2. The monoisotopic (exact) mass is 274 g/mol. The van der Waals surface area contributed by atoms with Crippen LogP contribution < -0.4 is 11.4 Å². The maximum atomic E-state index is 11.1. The van der Waals surface area contributed by atoms with Gasteiger partial charge in [-0.2, -0.15) is 0 Å². The maximum absolute atomic E-state index is 11.1. The van der Waals surface area contributed by atoms with E-state index in [9.17, 15) is 9.59 Å². The predicted octanol–water partition coefficient (Wildman–Crippen LogP) is 0.173. The number of aliphatic carboxylic acids is 1. The molecule has 0 saturated carbocycles. The Bertz CT molecular complexity index is 466. The molecule has 0 aliphatic heterocycles. The number of aromatic nitrogens is 3. The average molecular weight is 274 g/mol. The van der Waals surface area contributed by atoms with E-state index in [1.165, 1.54) is 23.3 Å². The number of nitrogens with one attached hydrogen (secondary N) is 1. The Morgan fingerprint density at radius 2 is 2.28 bits per heavy atom. The Labute approximate surface area is 109 Å². The second-order valence-electron chi connectivity index (χ2n) is 4.40. The summed E-state index contributed by atoms with van der Waals surface area (Å²) in [7, 11) is 1.65. The molecule has 1 aromatic heterocycles. The van der Waals surface area contributed by atoms with Crippen LogP contribution in [0.2, 0.25) is 0 Å². The Morgan fingerprint density at radius 3 is 2.78 bits per heavy atom. The van der Waals surface area contributed by atoms with E-state index in [4.69, 9.17) is 10.8 Å². The molecule has 0 aliphatic rings. The van der Waals surface area contributed by atoms with Gasteiger partial charge in [-0.25, -0.2) is 9.89 Å². The van der Waals surface area contributed by atoms with Crippen LogP contribution in [0.25, 0.3) is 0 Å². The Hall–Kier alpha value is -1.28. The van der Waals surface area contributed by atoms with Gasteiger partial charge < -0.3 is 10.8 Å². The number of H-pyrrole nitrogens is 1. The first-order valence-electron chi connectivity index (χ1n) is 5.61. The van der Waals surface area contributed by atoms with Crippen molar-refractivity contribution in [2.75, 3.05) is 5.75 Å².